The molecule has 2 amide bonds. The fraction of sp³-hybridized carbons (Fsp3) is 0.647. The number of H-pyrrole nitrogens is 1. The molecule has 2 unspecified atom stereocenters. The van der Waals surface area contributed by atoms with Crippen LogP contribution in [-0.4, -0.2) is 122 Å². The average molecular weight is 721 g/mol. The van der Waals surface area contributed by atoms with Gasteiger partial charge in [0.2, 0.25) is 11.8 Å². The summed E-state index contributed by atoms with van der Waals surface area (Å²) in [7, 11) is 1.52. The van der Waals surface area contributed by atoms with Crippen LogP contribution in [-0.2, 0) is 30.2 Å². The van der Waals surface area contributed by atoms with Crippen molar-refractivity contribution in [3.8, 4) is 0 Å². The van der Waals surface area contributed by atoms with E-state index in [1.54, 1.807) is 0 Å². The van der Waals surface area contributed by atoms with E-state index in [4.69, 9.17) is 25.7 Å². The van der Waals surface area contributed by atoms with Crippen LogP contribution in [0.15, 0.2) is 46.1 Å². The van der Waals surface area contributed by atoms with Gasteiger partial charge in [0.25, 0.3) is 5.56 Å². The van der Waals surface area contributed by atoms with Crippen molar-refractivity contribution in [1.29, 1.82) is 0 Å². The fourth-order valence-electron chi connectivity index (χ4n) is 6.49. The van der Waals surface area contributed by atoms with Gasteiger partial charge in [0, 0.05) is 30.9 Å². The van der Waals surface area contributed by atoms with Gasteiger partial charge in [-0.1, -0.05) is 44.7 Å². The van der Waals surface area contributed by atoms with Crippen molar-refractivity contribution >= 4 is 17.5 Å². The number of aromatic nitrogens is 2. The zero-order valence-corrected chi connectivity index (χ0v) is 29.0. The maximum absolute atomic E-state index is 13.0. The number of nitrogens with two attached hydrogens (primary N) is 2. The number of aryl methyl sites for hydroxylation is 1. The molecule has 17 heteroatoms. The first-order chi connectivity index (χ1) is 24.4. The van der Waals surface area contributed by atoms with Gasteiger partial charge in [-0.05, 0) is 50.6 Å². The van der Waals surface area contributed by atoms with Crippen molar-refractivity contribution in [3.05, 3.63) is 62.9 Å². The summed E-state index contributed by atoms with van der Waals surface area (Å²) in [4.78, 5) is 53.5. The topological polar surface area (TPSA) is 265 Å². The van der Waals surface area contributed by atoms with E-state index in [0.717, 1.165) is 29.7 Å². The van der Waals surface area contributed by atoms with E-state index < -0.39 is 78.4 Å². The number of amides is 2. The van der Waals surface area contributed by atoms with E-state index in [1.165, 1.54) is 43.2 Å². The maximum Gasteiger partial charge on any atom is 0.330 e. The monoisotopic (exact) mass is 720 g/mol. The number of aliphatic hydroxyl groups is 4. The number of primary amides is 1. The van der Waals surface area contributed by atoms with Crippen LogP contribution in [0.4, 0.5) is 5.69 Å². The molecule has 10 N–H and O–H groups in total. The number of unbranched alkanes of at least 4 members (excludes halogenated alkanes) is 4. The second-order valence-electron chi connectivity index (χ2n) is 13.2. The predicted octanol–water partition coefficient (Wildman–Crippen LogP) is -1.34. The van der Waals surface area contributed by atoms with Gasteiger partial charge in [-0.15, -0.1) is 0 Å². The standard InChI is InChI=1S/C34H52N6O11/c1-3-4-5-6-7-9-19-11-13-20(14-12-19)37-22(41)10-8-16-39(2)24(31(36)47)29(51-33-28(46)25(43)21(18-35)49-33)30-26(44)27(45)32(50-30)40-17-15-23(42)38-34(40)48/h11-15,17,21,24-30,32-33,43-46H,3-10,16,18,35H2,1-2H3,(H2,36,47)(H,37,41)(H,38,42,48)/t21-,24+,25-,26?,27?,28-,29+,30+,32-,33+/m1/s1. The molecule has 2 saturated heterocycles. The lowest BCUT2D eigenvalue weighted by atomic mass is 9.97. The van der Waals surface area contributed by atoms with Crippen LogP contribution in [0, 0.1) is 0 Å². The minimum absolute atomic E-state index is 0.0772. The number of carbonyl (C=O) groups is 2. The first kappa shape index (κ1) is 40.3. The largest absolute Gasteiger partial charge is 0.387 e. The number of aliphatic hydroxyl groups excluding tert-OH is 4. The van der Waals surface area contributed by atoms with Crippen LogP contribution in [0.25, 0.3) is 0 Å². The summed E-state index contributed by atoms with van der Waals surface area (Å²) in [6, 6.07) is 7.31. The number of rotatable bonds is 19. The van der Waals surface area contributed by atoms with E-state index in [9.17, 15) is 39.6 Å². The van der Waals surface area contributed by atoms with Gasteiger partial charge in [-0.25, -0.2) is 4.79 Å². The number of aromatic amines is 1. The molecule has 4 rings (SSSR count). The zero-order chi connectivity index (χ0) is 37.2. The minimum atomic E-state index is -1.78. The first-order valence-corrected chi connectivity index (χ1v) is 17.4. The van der Waals surface area contributed by atoms with Gasteiger partial charge in [0.1, 0.15) is 48.8 Å². The maximum atomic E-state index is 13.0. The normalized spacial score (nSPS) is 27.5. The molecule has 0 spiro atoms. The quantitative estimate of drug-likeness (QED) is 0.0783. The van der Waals surface area contributed by atoms with Gasteiger partial charge >= 0.3 is 5.69 Å². The number of anilines is 1. The number of ether oxygens (including phenoxy) is 3. The van der Waals surface area contributed by atoms with E-state index in [1.807, 2.05) is 29.2 Å². The van der Waals surface area contributed by atoms with Crippen LogP contribution < -0.4 is 28.0 Å². The minimum Gasteiger partial charge on any atom is -0.387 e. The third-order valence-corrected chi connectivity index (χ3v) is 9.37. The molecule has 3 heterocycles. The molecule has 51 heavy (non-hydrogen) atoms. The lowest BCUT2D eigenvalue weighted by Gasteiger charge is -2.37. The van der Waals surface area contributed by atoms with Crippen LogP contribution in [0.1, 0.15) is 63.7 Å². The SMILES string of the molecule is CCCCCCCc1ccc(NC(=O)CCCN(C)[C@H](C(N)=O)[C@H](O[C@@H]2O[C@H](CN)[C@@H](O)[C@H]2O)[C@H]2O[C@@H](n3ccc(=O)[nH]c3=O)C(O)C2O)cc1. The molecule has 2 aromatic rings. The summed E-state index contributed by atoms with van der Waals surface area (Å²) >= 11 is 0. The second-order valence-corrected chi connectivity index (χ2v) is 13.2. The number of hydrogen-bond acceptors (Lipinski definition) is 13. The Morgan fingerprint density at radius 1 is 0.980 bits per heavy atom. The van der Waals surface area contributed by atoms with E-state index in [-0.39, 0.29) is 31.8 Å². The number of nitrogens with one attached hydrogen (secondary N) is 2. The summed E-state index contributed by atoms with van der Waals surface area (Å²) in [5.74, 6) is -1.20. The highest BCUT2D eigenvalue weighted by Gasteiger charge is 2.54. The van der Waals surface area contributed by atoms with Crippen molar-refractivity contribution in [1.82, 2.24) is 14.5 Å². The third-order valence-electron chi connectivity index (χ3n) is 9.37. The van der Waals surface area contributed by atoms with E-state index >= 15 is 0 Å². The Morgan fingerprint density at radius 2 is 1.69 bits per heavy atom. The van der Waals surface area contributed by atoms with Gasteiger partial charge in [0.15, 0.2) is 12.5 Å². The highest BCUT2D eigenvalue weighted by molar-refractivity contribution is 5.90. The molecular weight excluding hydrogens is 668 g/mol. The molecule has 1 aromatic heterocycles. The summed E-state index contributed by atoms with van der Waals surface area (Å²) in [6.07, 6.45) is -5.47. The van der Waals surface area contributed by atoms with Gasteiger partial charge < -0.3 is 51.4 Å². The van der Waals surface area contributed by atoms with Crippen LogP contribution >= 0.6 is 0 Å². The Bertz CT molecular complexity index is 1540. The zero-order valence-electron chi connectivity index (χ0n) is 29.0. The second kappa shape index (κ2) is 18.8. The van der Waals surface area contributed by atoms with Crippen LogP contribution in [0.3, 0.4) is 0 Å². The molecule has 0 aliphatic carbocycles. The van der Waals surface area contributed by atoms with Crippen molar-refractivity contribution in [2.45, 2.75) is 120 Å². The number of hydrogen-bond donors (Lipinski definition) is 8. The highest BCUT2D eigenvalue weighted by Crippen LogP contribution is 2.35. The van der Waals surface area contributed by atoms with Gasteiger partial charge in [-0.3, -0.25) is 28.8 Å². The molecule has 2 aliphatic heterocycles. The summed E-state index contributed by atoms with van der Waals surface area (Å²) < 4.78 is 18.4. The summed E-state index contributed by atoms with van der Waals surface area (Å²) in [5.41, 5.74) is 11.7. The lowest BCUT2D eigenvalue weighted by molar-refractivity contribution is -0.232. The van der Waals surface area contributed by atoms with Crippen molar-refractivity contribution in [3.63, 3.8) is 0 Å². The van der Waals surface area contributed by atoms with Crippen molar-refractivity contribution < 1.29 is 44.2 Å². The average Bonchev–Trinajstić information content (AvgIpc) is 3.53. The molecule has 0 bridgehead atoms. The van der Waals surface area contributed by atoms with E-state index in [2.05, 4.69) is 12.2 Å². The molecule has 0 saturated carbocycles. The van der Waals surface area contributed by atoms with Gasteiger partial charge in [0.05, 0.1) is 0 Å². The Hall–Kier alpha value is -3.52. The Labute approximate surface area is 295 Å². The van der Waals surface area contributed by atoms with Crippen LogP contribution in [0.5, 0.6) is 0 Å². The third kappa shape index (κ3) is 10.3. The molecule has 17 nitrogen and oxygen atoms in total. The molecule has 10 atom stereocenters. The Balaban J connectivity index is 1.44. The Morgan fingerprint density at radius 3 is 2.31 bits per heavy atom. The molecule has 2 aliphatic rings. The first-order valence-electron chi connectivity index (χ1n) is 17.4. The highest BCUT2D eigenvalue weighted by atomic mass is 16.7. The molecular formula is C34H52N6O11. The Kier molecular flexibility index (Phi) is 14.9. The summed E-state index contributed by atoms with van der Waals surface area (Å²) in [6.45, 7) is 2.13. The number of likely N-dealkylation sites (N-methyl/N-ethyl adjacent to an activating group) is 1. The van der Waals surface area contributed by atoms with Crippen molar-refractivity contribution in [2.24, 2.45) is 11.5 Å². The fourth-order valence-corrected chi connectivity index (χ4v) is 6.49. The number of nitrogens with zero attached hydrogens (tertiary/aromatic N) is 2. The van der Waals surface area contributed by atoms with E-state index in [0.29, 0.717) is 5.69 Å². The molecule has 284 valence electrons. The lowest BCUT2D eigenvalue weighted by Crippen LogP contribution is -2.59. The van der Waals surface area contributed by atoms with Crippen LogP contribution in [0.2, 0.25) is 0 Å². The van der Waals surface area contributed by atoms with Crippen molar-refractivity contribution in [2.75, 3.05) is 25.5 Å². The predicted molar refractivity (Wildman–Crippen MR) is 184 cm³/mol. The molecule has 1 aromatic carbocycles. The number of carbonyl (C=O) groups excluding carboxylic acids is 2. The number of benzene rings is 1. The molecule has 0 radical (unpaired) electrons. The summed E-state index contributed by atoms with van der Waals surface area (Å²) in [5, 5.41) is 46.0. The smallest absolute Gasteiger partial charge is 0.330 e. The molecule has 2 fully saturated rings. The van der Waals surface area contributed by atoms with Gasteiger partial charge in [-0.2, -0.15) is 0 Å².